The first-order valence-corrected chi connectivity index (χ1v) is 7.76. The van der Waals surface area contributed by atoms with Crippen LogP contribution in [-0.4, -0.2) is 7.05 Å². The van der Waals surface area contributed by atoms with Gasteiger partial charge in [0.15, 0.2) is 0 Å². The monoisotopic (exact) mass is 335 g/mol. The maximum absolute atomic E-state index is 5.97. The van der Waals surface area contributed by atoms with Crippen molar-refractivity contribution in [2.45, 2.75) is 13.0 Å². The van der Waals surface area contributed by atoms with Crippen molar-refractivity contribution in [1.29, 1.82) is 0 Å². The van der Waals surface area contributed by atoms with Gasteiger partial charge in [-0.1, -0.05) is 11.6 Å². The molecule has 98 valence electrons. The van der Waals surface area contributed by atoms with Crippen LogP contribution in [0, 0.1) is 6.92 Å². The number of thiophene rings is 1. The Balaban J connectivity index is 2.06. The van der Waals surface area contributed by atoms with E-state index in [1.165, 1.54) is 10.4 Å². The Morgan fingerprint density at radius 1 is 1.26 bits per heavy atom. The summed E-state index contributed by atoms with van der Waals surface area (Å²) in [5.74, 6) is 0.956. The molecule has 19 heavy (non-hydrogen) atoms. The van der Waals surface area contributed by atoms with Crippen molar-refractivity contribution < 1.29 is 4.42 Å². The van der Waals surface area contributed by atoms with Gasteiger partial charge in [0, 0.05) is 20.1 Å². The Labute approximate surface area is 124 Å². The second-order valence-electron chi connectivity index (χ2n) is 4.58. The molecule has 0 amide bonds. The lowest BCUT2D eigenvalue weighted by Gasteiger charge is -2.10. The van der Waals surface area contributed by atoms with Crippen LogP contribution in [0.15, 0.2) is 44.6 Å². The zero-order valence-electron chi connectivity index (χ0n) is 10.7. The molecule has 0 saturated carbocycles. The van der Waals surface area contributed by atoms with Gasteiger partial charge in [-0.2, -0.15) is 0 Å². The quantitative estimate of drug-likeness (QED) is 0.738. The van der Waals surface area contributed by atoms with Crippen LogP contribution < -0.4 is 5.32 Å². The first-order valence-electron chi connectivity index (χ1n) is 6.08. The molecule has 0 radical (unpaired) electrons. The van der Waals surface area contributed by atoms with E-state index >= 15 is 0 Å². The maximum Gasteiger partial charge on any atom is 0.134 e. The number of hydrogen-bond acceptors (Lipinski definition) is 3. The van der Waals surface area contributed by atoms with E-state index in [-0.39, 0.29) is 6.04 Å². The van der Waals surface area contributed by atoms with Crippen LogP contribution in [0.2, 0.25) is 0 Å². The first kappa shape index (κ1) is 12.9. The van der Waals surface area contributed by atoms with Crippen LogP contribution in [0.3, 0.4) is 0 Å². The molecule has 2 aromatic heterocycles. The summed E-state index contributed by atoms with van der Waals surface area (Å²) in [4.78, 5) is 1.24. The summed E-state index contributed by atoms with van der Waals surface area (Å²) in [5.41, 5.74) is 2.19. The van der Waals surface area contributed by atoms with E-state index in [1.807, 2.05) is 13.1 Å². The van der Waals surface area contributed by atoms with E-state index in [0.29, 0.717) is 0 Å². The van der Waals surface area contributed by atoms with Gasteiger partial charge in [-0.25, -0.2) is 0 Å². The Morgan fingerprint density at radius 3 is 2.79 bits per heavy atom. The lowest BCUT2D eigenvalue weighted by Crippen LogP contribution is -2.15. The summed E-state index contributed by atoms with van der Waals surface area (Å²) in [6, 6.07) is 10.6. The van der Waals surface area contributed by atoms with E-state index < -0.39 is 0 Å². The number of rotatable bonds is 3. The molecule has 1 unspecified atom stereocenters. The van der Waals surface area contributed by atoms with Crippen LogP contribution in [0.1, 0.15) is 22.2 Å². The van der Waals surface area contributed by atoms with Crippen molar-refractivity contribution in [1.82, 2.24) is 5.32 Å². The zero-order valence-corrected chi connectivity index (χ0v) is 13.1. The molecule has 0 bridgehead atoms. The van der Waals surface area contributed by atoms with Gasteiger partial charge in [0.2, 0.25) is 0 Å². The standard InChI is InChI=1S/C15H14BrNOS/c1-9-3-4-12-10(5-9)6-13(18-12)15(17-2)14-7-11(16)8-19-14/h3-8,15,17H,1-2H3. The summed E-state index contributed by atoms with van der Waals surface area (Å²) >= 11 is 5.22. The molecule has 3 rings (SSSR count). The molecule has 0 aliphatic rings. The highest BCUT2D eigenvalue weighted by Crippen LogP contribution is 2.33. The fourth-order valence-electron chi connectivity index (χ4n) is 2.23. The van der Waals surface area contributed by atoms with E-state index in [1.54, 1.807) is 11.3 Å². The topological polar surface area (TPSA) is 25.2 Å². The van der Waals surface area contributed by atoms with Crippen LogP contribution in [0.5, 0.6) is 0 Å². The molecule has 2 heterocycles. The highest BCUT2D eigenvalue weighted by atomic mass is 79.9. The predicted molar refractivity (Wildman–Crippen MR) is 83.9 cm³/mol. The van der Waals surface area contributed by atoms with Crippen molar-refractivity contribution in [3.05, 3.63) is 56.4 Å². The Morgan fingerprint density at radius 2 is 2.11 bits per heavy atom. The van der Waals surface area contributed by atoms with Gasteiger partial charge in [-0.3, -0.25) is 0 Å². The van der Waals surface area contributed by atoms with Crippen molar-refractivity contribution >= 4 is 38.2 Å². The van der Waals surface area contributed by atoms with Crippen LogP contribution in [0.4, 0.5) is 0 Å². The molecule has 1 atom stereocenters. The fourth-order valence-corrected chi connectivity index (χ4v) is 3.79. The highest BCUT2D eigenvalue weighted by Gasteiger charge is 2.18. The molecule has 0 fully saturated rings. The third kappa shape index (κ3) is 2.48. The number of fused-ring (bicyclic) bond motifs is 1. The molecule has 0 spiro atoms. The summed E-state index contributed by atoms with van der Waals surface area (Å²) in [6.45, 7) is 2.10. The molecule has 1 N–H and O–H groups in total. The summed E-state index contributed by atoms with van der Waals surface area (Å²) in [6.07, 6.45) is 0. The van der Waals surface area contributed by atoms with Crippen LogP contribution in [0.25, 0.3) is 11.0 Å². The van der Waals surface area contributed by atoms with Gasteiger partial charge in [0.05, 0.1) is 0 Å². The molecule has 1 aromatic carbocycles. The van der Waals surface area contributed by atoms with Crippen LogP contribution >= 0.6 is 27.3 Å². The summed E-state index contributed by atoms with van der Waals surface area (Å²) in [7, 11) is 1.96. The Bertz CT molecular complexity index is 716. The SMILES string of the molecule is CNC(c1cc2cc(C)ccc2o1)c1cc(Br)cs1. The van der Waals surface area contributed by atoms with Crippen molar-refractivity contribution in [2.75, 3.05) is 7.05 Å². The van der Waals surface area contributed by atoms with E-state index in [0.717, 1.165) is 21.2 Å². The van der Waals surface area contributed by atoms with Gasteiger partial charge in [0.1, 0.15) is 17.4 Å². The summed E-state index contributed by atoms with van der Waals surface area (Å²) < 4.78 is 7.08. The van der Waals surface area contributed by atoms with Crippen LogP contribution in [-0.2, 0) is 0 Å². The molecular weight excluding hydrogens is 322 g/mol. The average Bonchev–Trinajstić information content (AvgIpc) is 2.96. The minimum absolute atomic E-state index is 0.101. The Hall–Kier alpha value is -1.10. The van der Waals surface area contributed by atoms with Gasteiger partial charge in [0.25, 0.3) is 0 Å². The fraction of sp³-hybridized carbons (Fsp3) is 0.200. The number of aryl methyl sites for hydroxylation is 1. The van der Waals surface area contributed by atoms with E-state index in [2.05, 4.69) is 57.8 Å². The summed E-state index contributed by atoms with van der Waals surface area (Å²) in [5, 5.41) is 6.57. The largest absolute Gasteiger partial charge is 0.459 e. The second kappa shape index (κ2) is 5.12. The zero-order chi connectivity index (χ0) is 13.4. The second-order valence-corrected chi connectivity index (χ2v) is 6.44. The molecular formula is C15H14BrNOS. The third-order valence-corrected chi connectivity index (χ3v) is 4.89. The molecule has 3 aromatic rings. The normalized spacial score (nSPS) is 13.0. The van der Waals surface area contributed by atoms with Crippen molar-refractivity contribution in [3.63, 3.8) is 0 Å². The van der Waals surface area contributed by atoms with E-state index in [4.69, 9.17) is 4.42 Å². The molecule has 0 aliphatic heterocycles. The average molecular weight is 336 g/mol. The number of benzene rings is 1. The number of furan rings is 1. The first-order chi connectivity index (χ1) is 9.17. The molecule has 4 heteroatoms. The van der Waals surface area contributed by atoms with Gasteiger partial charge >= 0.3 is 0 Å². The van der Waals surface area contributed by atoms with Gasteiger partial charge in [-0.15, -0.1) is 11.3 Å². The number of nitrogens with one attached hydrogen (secondary N) is 1. The lowest BCUT2D eigenvalue weighted by molar-refractivity contribution is 0.495. The minimum atomic E-state index is 0.101. The molecule has 0 saturated heterocycles. The minimum Gasteiger partial charge on any atom is -0.459 e. The number of hydrogen-bond donors (Lipinski definition) is 1. The van der Waals surface area contributed by atoms with Crippen molar-refractivity contribution in [2.24, 2.45) is 0 Å². The van der Waals surface area contributed by atoms with Crippen molar-refractivity contribution in [3.8, 4) is 0 Å². The molecule has 2 nitrogen and oxygen atoms in total. The lowest BCUT2D eigenvalue weighted by atomic mass is 10.1. The Kier molecular flexibility index (Phi) is 3.48. The maximum atomic E-state index is 5.97. The third-order valence-electron chi connectivity index (χ3n) is 3.14. The molecule has 0 aliphatic carbocycles. The van der Waals surface area contributed by atoms with E-state index in [9.17, 15) is 0 Å². The van der Waals surface area contributed by atoms with Gasteiger partial charge < -0.3 is 9.73 Å². The number of halogens is 1. The predicted octanol–water partition coefficient (Wildman–Crippen LogP) is 4.87. The van der Waals surface area contributed by atoms with Gasteiger partial charge in [-0.05, 0) is 54.2 Å². The smallest absolute Gasteiger partial charge is 0.134 e. The highest BCUT2D eigenvalue weighted by molar-refractivity contribution is 9.10.